The van der Waals surface area contributed by atoms with Crippen LogP contribution in [-0.4, -0.2) is 27.8 Å². The van der Waals surface area contributed by atoms with Gasteiger partial charge in [0.15, 0.2) is 0 Å². The van der Waals surface area contributed by atoms with Crippen LogP contribution in [0.1, 0.15) is 13.8 Å². The highest BCUT2D eigenvalue weighted by Crippen LogP contribution is 1.97. The van der Waals surface area contributed by atoms with Crippen LogP contribution >= 0.6 is 0 Å². The van der Waals surface area contributed by atoms with Gasteiger partial charge in [-0.2, -0.15) is 0 Å². The fourth-order valence-corrected chi connectivity index (χ4v) is 0.486. The Morgan fingerprint density at radius 3 is 2.33 bits per heavy atom. The summed E-state index contributed by atoms with van der Waals surface area (Å²) in [7, 11) is 0. The van der Waals surface area contributed by atoms with Crippen LogP contribution in [0.15, 0.2) is 12.2 Å². The molecule has 1 amide bonds. The maximum absolute atomic E-state index is 10.7. The predicted octanol–water partition coefficient (Wildman–Crippen LogP) is -0.528. The van der Waals surface area contributed by atoms with Gasteiger partial charge in [0.25, 0.3) is 0 Å². The van der Waals surface area contributed by atoms with Crippen LogP contribution < -0.4 is 5.32 Å². The van der Waals surface area contributed by atoms with Crippen molar-refractivity contribution in [1.29, 1.82) is 0 Å². The van der Waals surface area contributed by atoms with E-state index in [1.807, 2.05) is 5.32 Å². The molecular formula is C7H11NO4. The Labute approximate surface area is 69.7 Å². The van der Waals surface area contributed by atoms with Crippen molar-refractivity contribution in [3.05, 3.63) is 12.2 Å². The fraction of sp³-hybridized carbons (Fsp3) is 0.429. The molecule has 0 aliphatic rings. The van der Waals surface area contributed by atoms with Crippen LogP contribution in [0.25, 0.3) is 0 Å². The zero-order valence-corrected chi connectivity index (χ0v) is 6.87. The van der Waals surface area contributed by atoms with Crippen molar-refractivity contribution in [3.63, 3.8) is 0 Å². The minimum atomic E-state index is -2.21. The Balaban J connectivity index is 4.25. The quantitative estimate of drug-likeness (QED) is 0.395. The smallest absolute Gasteiger partial charge is 0.356 e. The van der Waals surface area contributed by atoms with E-state index < -0.39 is 17.6 Å². The lowest BCUT2D eigenvalue weighted by Gasteiger charge is -2.17. The van der Waals surface area contributed by atoms with Crippen molar-refractivity contribution in [1.82, 2.24) is 5.32 Å². The number of aliphatic carboxylic acids is 1. The first-order chi connectivity index (χ1) is 5.40. The van der Waals surface area contributed by atoms with Crippen molar-refractivity contribution in [3.8, 4) is 0 Å². The maximum atomic E-state index is 10.7. The molecule has 1 unspecified atom stereocenters. The topological polar surface area (TPSA) is 86.6 Å². The summed E-state index contributed by atoms with van der Waals surface area (Å²) in [4.78, 5) is 21.0. The standard InChI is InChI=1S/C7H11NO4/c1-3-4-5(9)8-7(2,12)6(10)11/h3-4,12H,1-2H3,(H,8,9)(H,10,11). The normalized spacial score (nSPS) is 15.6. The summed E-state index contributed by atoms with van der Waals surface area (Å²) >= 11 is 0. The molecule has 0 aromatic carbocycles. The minimum Gasteiger partial charge on any atom is -0.478 e. The van der Waals surface area contributed by atoms with E-state index >= 15 is 0 Å². The average molecular weight is 173 g/mol. The van der Waals surface area contributed by atoms with Crippen molar-refractivity contribution in [2.45, 2.75) is 19.6 Å². The molecule has 5 nitrogen and oxygen atoms in total. The van der Waals surface area contributed by atoms with Gasteiger partial charge in [-0.05, 0) is 19.9 Å². The van der Waals surface area contributed by atoms with Gasteiger partial charge >= 0.3 is 5.97 Å². The molecule has 0 aromatic rings. The molecule has 12 heavy (non-hydrogen) atoms. The second kappa shape index (κ2) is 3.87. The lowest BCUT2D eigenvalue weighted by Crippen LogP contribution is -2.51. The molecule has 1 atom stereocenters. The molecule has 0 aliphatic carbocycles. The Hall–Kier alpha value is -1.36. The highest BCUT2D eigenvalue weighted by molar-refractivity contribution is 5.91. The monoisotopic (exact) mass is 173 g/mol. The van der Waals surface area contributed by atoms with Gasteiger partial charge in [-0.1, -0.05) is 6.08 Å². The molecule has 0 aromatic heterocycles. The van der Waals surface area contributed by atoms with Gasteiger partial charge in [-0.25, -0.2) is 4.79 Å². The number of nitrogens with one attached hydrogen (secondary N) is 1. The molecule has 0 saturated heterocycles. The van der Waals surface area contributed by atoms with Crippen LogP contribution in [0, 0.1) is 0 Å². The van der Waals surface area contributed by atoms with Crippen molar-refractivity contribution >= 4 is 11.9 Å². The van der Waals surface area contributed by atoms with E-state index in [1.165, 1.54) is 6.08 Å². The number of rotatable bonds is 3. The summed E-state index contributed by atoms with van der Waals surface area (Å²) in [6.07, 6.45) is 2.56. The number of carbonyl (C=O) groups excluding carboxylic acids is 1. The SMILES string of the molecule is CC=CC(=O)NC(C)(O)C(=O)O. The molecule has 3 N–H and O–H groups in total. The van der Waals surface area contributed by atoms with Crippen LogP contribution in [0.5, 0.6) is 0 Å². The van der Waals surface area contributed by atoms with Crippen LogP contribution in [0.3, 0.4) is 0 Å². The first-order valence-electron chi connectivity index (χ1n) is 3.30. The number of amides is 1. The predicted molar refractivity (Wildman–Crippen MR) is 41.2 cm³/mol. The van der Waals surface area contributed by atoms with E-state index in [1.54, 1.807) is 6.92 Å². The molecule has 0 heterocycles. The second-order valence-corrected chi connectivity index (χ2v) is 2.37. The zero-order valence-electron chi connectivity index (χ0n) is 6.87. The van der Waals surface area contributed by atoms with E-state index in [4.69, 9.17) is 10.2 Å². The first-order valence-corrected chi connectivity index (χ1v) is 3.30. The fourth-order valence-electron chi connectivity index (χ4n) is 0.486. The summed E-state index contributed by atoms with van der Waals surface area (Å²) < 4.78 is 0. The Morgan fingerprint density at radius 1 is 1.50 bits per heavy atom. The largest absolute Gasteiger partial charge is 0.478 e. The van der Waals surface area contributed by atoms with Crippen molar-refractivity contribution in [2.75, 3.05) is 0 Å². The van der Waals surface area contributed by atoms with Gasteiger partial charge < -0.3 is 15.5 Å². The molecule has 5 heteroatoms. The Kier molecular flexibility index (Phi) is 3.43. The zero-order chi connectivity index (χ0) is 9.78. The number of hydrogen-bond donors (Lipinski definition) is 3. The highest BCUT2D eigenvalue weighted by Gasteiger charge is 2.30. The lowest BCUT2D eigenvalue weighted by atomic mass is 10.2. The van der Waals surface area contributed by atoms with Crippen molar-refractivity contribution in [2.24, 2.45) is 0 Å². The number of hydrogen-bond acceptors (Lipinski definition) is 3. The summed E-state index contributed by atoms with van der Waals surface area (Å²) in [6.45, 7) is 2.59. The van der Waals surface area contributed by atoms with Gasteiger partial charge in [-0.15, -0.1) is 0 Å². The number of aliphatic hydroxyl groups is 1. The summed E-state index contributed by atoms with van der Waals surface area (Å²) in [6, 6.07) is 0. The molecule has 0 bridgehead atoms. The van der Waals surface area contributed by atoms with Gasteiger partial charge in [0, 0.05) is 0 Å². The molecule has 68 valence electrons. The highest BCUT2D eigenvalue weighted by atomic mass is 16.4. The average Bonchev–Trinajstić information content (AvgIpc) is 1.85. The van der Waals surface area contributed by atoms with E-state index in [2.05, 4.69) is 0 Å². The van der Waals surface area contributed by atoms with Gasteiger partial charge in [0.05, 0.1) is 0 Å². The summed E-state index contributed by atoms with van der Waals surface area (Å²) in [5.41, 5.74) is -2.21. The molecular weight excluding hydrogens is 162 g/mol. The Morgan fingerprint density at radius 2 is 2.00 bits per heavy atom. The van der Waals surface area contributed by atoms with Gasteiger partial charge in [-0.3, -0.25) is 4.79 Å². The van der Waals surface area contributed by atoms with Crippen molar-refractivity contribution < 1.29 is 19.8 Å². The number of carbonyl (C=O) groups is 2. The molecule has 0 spiro atoms. The van der Waals surface area contributed by atoms with E-state index in [-0.39, 0.29) is 0 Å². The van der Waals surface area contributed by atoms with E-state index in [9.17, 15) is 9.59 Å². The van der Waals surface area contributed by atoms with Crippen LogP contribution in [-0.2, 0) is 9.59 Å². The van der Waals surface area contributed by atoms with Crippen LogP contribution in [0.2, 0.25) is 0 Å². The number of carboxylic acid groups (broad SMARTS) is 1. The third-order valence-electron chi connectivity index (χ3n) is 1.10. The molecule has 0 fully saturated rings. The minimum absolute atomic E-state index is 0.648. The summed E-state index contributed by atoms with van der Waals surface area (Å²) in [5.74, 6) is -2.15. The van der Waals surface area contributed by atoms with Crippen LogP contribution in [0.4, 0.5) is 0 Å². The molecule has 0 aliphatic heterocycles. The molecule has 0 rings (SSSR count). The number of carboxylic acids is 1. The lowest BCUT2D eigenvalue weighted by molar-refractivity contribution is -0.162. The Bertz CT molecular complexity index is 219. The van der Waals surface area contributed by atoms with E-state index in [0.717, 1.165) is 13.0 Å². The maximum Gasteiger partial charge on any atom is 0.356 e. The number of allylic oxidation sites excluding steroid dienone is 1. The third-order valence-corrected chi connectivity index (χ3v) is 1.10. The molecule has 0 saturated carbocycles. The first kappa shape index (κ1) is 10.6. The van der Waals surface area contributed by atoms with Gasteiger partial charge in [0.2, 0.25) is 11.6 Å². The van der Waals surface area contributed by atoms with Gasteiger partial charge in [0.1, 0.15) is 0 Å². The molecule has 0 radical (unpaired) electrons. The van der Waals surface area contributed by atoms with E-state index in [0.29, 0.717) is 0 Å². The third kappa shape index (κ3) is 3.16. The second-order valence-electron chi connectivity index (χ2n) is 2.37. The summed E-state index contributed by atoms with van der Waals surface area (Å²) in [5, 5.41) is 19.3.